The molecule has 4 heterocycles. The van der Waals surface area contributed by atoms with E-state index in [2.05, 4.69) is 47.9 Å². The maximum atomic E-state index is 8.90. The van der Waals surface area contributed by atoms with Crippen LogP contribution in [-0.4, -0.2) is 26.8 Å². The van der Waals surface area contributed by atoms with Crippen LogP contribution < -0.4 is 4.90 Å². The third-order valence-electron chi connectivity index (χ3n) is 4.79. The van der Waals surface area contributed by atoms with Crippen LogP contribution in [0, 0.1) is 11.3 Å². The van der Waals surface area contributed by atoms with E-state index in [0.29, 0.717) is 23.7 Å². The van der Waals surface area contributed by atoms with Crippen LogP contribution in [-0.2, 0) is 0 Å². The first-order chi connectivity index (χ1) is 10.7. The molecule has 0 aliphatic carbocycles. The van der Waals surface area contributed by atoms with Gasteiger partial charge in [0.1, 0.15) is 11.9 Å². The van der Waals surface area contributed by atoms with E-state index >= 15 is 0 Å². The number of nitriles is 1. The molecule has 0 amide bonds. The van der Waals surface area contributed by atoms with Crippen molar-refractivity contribution >= 4 is 21.7 Å². The molecule has 22 heavy (non-hydrogen) atoms. The van der Waals surface area contributed by atoms with E-state index in [1.807, 2.05) is 18.3 Å². The summed E-state index contributed by atoms with van der Waals surface area (Å²) in [6.07, 6.45) is 10.2. The number of nitrogens with zero attached hydrogens (tertiary/aromatic N) is 5. The molecule has 0 radical (unpaired) electrons. The topological polar surface area (TPSA) is 57.7 Å². The van der Waals surface area contributed by atoms with Gasteiger partial charge in [-0.2, -0.15) is 10.4 Å². The van der Waals surface area contributed by atoms with E-state index in [4.69, 9.17) is 5.26 Å². The third-order valence-corrected chi connectivity index (χ3v) is 5.20. The van der Waals surface area contributed by atoms with Gasteiger partial charge in [-0.25, -0.2) is 4.98 Å². The van der Waals surface area contributed by atoms with Gasteiger partial charge in [-0.15, -0.1) is 0 Å². The second-order valence-corrected chi connectivity index (χ2v) is 6.99. The molecule has 0 aromatic carbocycles. The van der Waals surface area contributed by atoms with Gasteiger partial charge in [-0.05, 0) is 53.7 Å². The zero-order valence-corrected chi connectivity index (χ0v) is 13.6. The number of rotatable bonds is 2. The summed E-state index contributed by atoms with van der Waals surface area (Å²) in [6, 6.07) is 7.48. The molecule has 2 aliphatic rings. The minimum absolute atomic E-state index is 0.471. The zero-order valence-electron chi connectivity index (χ0n) is 12.1. The molecular formula is C16H16BrN5. The van der Waals surface area contributed by atoms with E-state index in [1.54, 1.807) is 6.20 Å². The predicted molar refractivity (Wildman–Crippen MR) is 86.4 cm³/mol. The van der Waals surface area contributed by atoms with Gasteiger partial charge in [-0.3, -0.25) is 4.68 Å². The van der Waals surface area contributed by atoms with Crippen molar-refractivity contribution in [1.29, 1.82) is 5.26 Å². The van der Waals surface area contributed by atoms with Gasteiger partial charge in [0, 0.05) is 24.5 Å². The first kappa shape index (κ1) is 13.8. The summed E-state index contributed by atoms with van der Waals surface area (Å²) in [6.45, 7) is 0. The van der Waals surface area contributed by atoms with Gasteiger partial charge in [0.05, 0.1) is 22.3 Å². The van der Waals surface area contributed by atoms with Crippen molar-refractivity contribution in [3.63, 3.8) is 0 Å². The number of halogens is 1. The Hall–Kier alpha value is -1.87. The van der Waals surface area contributed by atoms with Crippen LogP contribution >= 0.6 is 15.9 Å². The summed E-state index contributed by atoms with van der Waals surface area (Å²) in [5, 5.41) is 13.4. The van der Waals surface area contributed by atoms with Crippen molar-refractivity contribution in [2.75, 3.05) is 4.90 Å². The fourth-order valence-corrected chi connectivity index (χ4v) is 4.16. The maximum Gasteiger partial charge on any atom is 0.129 e. The van der Waals surface area contributed by atoms with Crippen molar-refractivity contribution in [2.24, 2.45) is 0 Å². The SMILES string of the molecule is N#Cc1ccc(N2C3CCC2CC(n2cc(Br)cn2)C3)nc1. The average molecular weight is 358 g/mol. The Balaban J connectivity index is 1.56. The molecule has 2 fully saturated rings. The molecule has 2 aromatic rings. The lowest BCUT2D eigenvalue weighted by atomic mass is 9.97. The Bertz CT molecular complexity index is 703. The number of aromatic nitrogens is 3. The van der Waals surface area contributed by atoms with Gasteiger partial charge in [0.15, 0.2) is 0 Å². The second-order valence-electron chi connectivity index (χ2n) is 6.07. The average Bonchev–Trinajstić information content (AvgIpc) is 3.09. The van der Waals surface area contributed by atoms with Gasteiger partial charge < -0.3 is 4.90 Å². The predicted octanol–water partition coefficient (Wildman–Crippen LogP) is 3.28. The van der Waals surface area contributed by atoms with Crippen molar-refractivity contribution in [2.45, 2.75) is 43.8 Å². The highest BCUT2D eigenvalue weighted by molar-refractivity contribution is 9.10. The summed E-state index contributed by atoms with van der Waals surface area (Å²) >= 11 is 3.48. The molecule has 2 unspecified atom stereocenters. The molecule has 2 atom stereocenters. The van der Waals surface area contributed by atoms with Crippen LogP contribution in [0.15, 0.2) is 35.2 Å². The quantitative estimate of drug-likeness (QED) is 0.827. The number of piperidine rings is 1. The lowest BCUT2D eigenvalue weighted by Crippen LogP contribution is -2.44. The molecule has 112 valence electrons. The summed E-state index contributed by atoms with van der Waals surface area (Å²) < 4.78 is 3.13. The Labute approximate surface area is 137 Å². The highest BCUT2D eigenvalue weighted by Gasteiger charge is 2.42. The monoisotopic (exact) mass is 357 g/mol. The standard InChI is InChI=1S/C16H16BrN5/c17-12-9-20-21(10-12)15-5-13-2-3-14(6-15)22(13)16-4-1-11(7-18)8-19-16/h1,4,8-10,13-15H,2-3,5-6H2. The molecule has 2 saturated heterocycles. The van der Waals surface area contributed by atoms with E-state index in [0.717, 1.165) is 23.1 Å². The van der Waals surface area contributed by atoms with Crippen LogP contribution in [0.1, 0.15) is 37.3 Å². The van der Waals surface area contributed by atoms with Gasteiger partial charge in [0.25, 0.3) is 0 Å². The summed E-state index contributed by atoms with van der Waals surface area (Å²) in [5.74, 6) is 1.01. The van der Waals surface area contributed by atoms with Crippen molar-refractivity contribution in [1.82, 2.24) is 14.8 Å². The fourth-order valence-electron chi connectivity index (χ4n) is 3.86. The van der Waals surface area contributed by atoms with E-state index in [-0.39, 0.29) is 0 Å². The Morgan fingerprint density at radius 2 is 1.91 bits per heavy atom. The van der Waals surface area contributed by atoms with Gasteiger partial charge >= 0.3 is 0 Å². The Morgan fingerprint density at radius 3 is 2.45 bits per heavy atom. The van der Waals surface area contributed by atoms with Crippen LogP contribution in [0.5, 0.6) is 0 Å². The Morgan fingerprint density at radius 1 is 1.14 bits per heavy atom. The number of fused-ring (bicyclic) bond motifs is 2. The van der Waals surface area contributed by atoms with E-state index in [9.17, 15) is 0 Å². The normalized spacial score (nSPS) is 26.9. The van der Waals surface area contributed by atoms with E-state index < -0.39 is 0 Å². The minimum Gasteiger partial charge on any atom is -0.350 e. The number of pyridine rings is 1. The molecule has 5 nitrogen and oxygen atoms in total. The number of anilines is 1. The van der Waals surface area contributed by atoms with Crippen molar-refractivity contribution in [3.8, 4) is 6.07 Å². The first-order valence-corrected chi connectivity index (χ1v) is 8.38. The van der Waals surface area contributed by atoms with Crippen LogP contribution in [0.25, 0.3) is 0 Å². The van der Waals surface area contributed by atoms with Crippen LogP contribution in [0.4, 0.5) is 5.82 Å². The highest BCUT2D eigenvalue weighted by atomic mass is 79.9. The number of hydrogen-bond acceptors (Lipinski definition) is 4. The molecule has 6 heteroatoms. The molecule has 2 aromatic heterocycles. The van der Waals surface area contributed by atoms with Gasteiger partial charge in [0.2, 0.25) is 0 Å². The van der Waals surface area contributed by atoms with Crippen molar-refractivity contribution < 1.29 is 0 Å². The molecule has 0 spiro atoms. The molecule has 0 N–H and O–H groups in total. The van der Waals surface area contributed by atoms with Crippen molar-refractivity contribution in [3.05, 3.63) is 40.8 Å². The third kappa shape index (κ3) is 2.30. The molecule has 2 aliphatic heterocycles. The fraction of sp³-hybridized carbons (Fsp3) is 0.438. The van der Waals surface area contributed by atoms with Crippen LogP contribution in [0.2, 0.25) is 0 Å². The molecule has 4 rings (SSSR count). The summed E-state index contributed by atoms with van der Waals surface area (Å²) in [7, 11) is 0. The maximum absolute atomic E-state index is 8.90. The second kappa shape index (κ2) is 5.40. The minimum atomic E-state index is 0.471. The molecule has 0 saturated carbocycles. The largest absolute Gasteiger partial charge is 0.350 e. The Kier molecular flexibility index (Phi) is 3.38. The van der Waals surface area contributed by atoms with Gasteiger partial charge in [-0.1, -0.05) is 0 Å². The number of hydrogen-bond donors (Lipinski definition) is 0. The summed E-state index contributed by atoms with van der Waals surface area (Å²) in [5.41, 5.74) is 0.618. The first-order valence-electron chi connectivity index (χ1n) is 7.59. The lowest BCUT2D eigenvalue weighted by Gasteiger charge is -2.39. The summed E-state index contributed by atoms with van der Waals surface area (Å²) in [4.78, 5) is 6.94. The highest BCUT2D eigenvalue weighted by Crippen LogP contribution is 2.42. The molecular weight excluding hydrogens is 342 g/mol. The molecule has 2 bridgehead atoms. The van der Waals surface area contributed by atoms with E-state index in [1.165, 1.54) is 12.8 Å². The van der Waals surface area contributed by atoms with Crippen LogP contribution in [0.3, 0.4) is 0 Å². The lowest BCUT2D eigenvalue weighted by molar-refractivity contribution is 0.313. The zero-order chi connectivity index (χ0) is 15.1. The smallest absolute Gasteiger partial charge is 0.129 e.